The van der Waals surface area contributed by atoms with Gasteiger partial charge in [-0.1, -0.05) is 18.2 Å². The van der Waals surface area contributed by atoms with Crippen LogP contribution >= 0.6 is 0 Å². The lowest BCUT2D eigenvalue weighted by Crippen LogP contribution is -2.26. The largest absolute Gasteiger partial charge is 0.496 e. The topological polar surface area (TPSA) is 57.5 Å². The summed E-state index contributed by atoms with van der Waals surface area (Å²) in [6.07, 6.45) is -0.219. The monoisotopic (exact) mass is 351 g/mol. The predicted molar refractivity (Wildman–Crippen MR) is 100 cm³/mol. The highest BCUT2D eigenvalue weighted by molar-refractivity contribution is 5.79. The van der Waals surface area contributed by atoms with Crippen LogP contribution in [0.3, 0.4) is 0 Å². The Bertz CT molecular complexity index is 965. The van der Waals surface area contributed by atoms with E-state index in [4.69, 9.17) is 19.3 Å². The summed E-state index contributed by atoms with van der Waals surface area (Å²) >= 11 is 0. The van der Waals surface area contributed by atoms with Gasteiger partial charge in [-0.3, -0.25) is 0 Å². The van der Waals surface area contributed by atoms with E-state index in [-0.39, 0.29) is 6.17 Å². The van der Waals surface area contributed by atoms with Crippen molar-refractivity contribution in [2.45, 2.75) is 13.1 Å². The van der Waals surface area contributed by atoms with Crippen molar-refractivity contribution in [2.24, 2.45) is 0 Å². The van der Waals surface area contributed by atoms with Crippen molar-refractivity contribution in [3.8, 4) is 28.5 Å². The Hall–Kier alpha value is -3.15. The quantitative estimate of drug-likeness (QED) is 0.773. The van der Waals surface area contributed by atoms with Crippen molar-refractivity contribution in [3.05, 3.63) is 53.7 Å². The predicted octanol–water partition coefficient (Wildman–Crippen LogP) is 3.86. The molecule has 4 rings (SSSR count). The Morgan fingerprint density at radius 1 is 0.923 bits per heavy atom. The maximum Gasteiger partial charge on any atom is 0.164 e. The Balaban J connectivity index is 1.92. The van der Waals surface area contributed by atoms with Gasteiger partial charge in [0.25, 0.3) is 0 Å². The molecule has 1 aliphatic heterocycles. The molecule has 0 saturated heterocycles. The van der Waals surface area contributed by atoms with Gasteiger partial charge in [0.1, 0.15) is 5.75 Å². The van der Waals surface area contributed by atoms with Crippen LogP contribution in [-0.4, -0.2) is 31.1 Å². The molecule has 134 valence electrons. The standard InChI is InChI=1S/C20H21N3O3/c1-12-9-16-13-7-5-6-8-15(13)21-20(23(16)22-12)14-10-18(25-3)19(26-4)11-17(14)24-2/h5-11,20-21H,1-4H3/t20-/m1/s1. The van der Waals surface area contributed by atoms with Crippen LogP contribution in [0.5, 0.6) is 17.2 Å². The Morgan fingerprint density at radius 2 is 1.62 bits per heavy atom. The molecule has 0 unspecified atom stereocenters. The highest BCUT2D eigenvalue weighted by Crippen LogP contribution is 2.43. The Kier molecular flexibility index (Phi) is 3.95. The zero-order chi connectivity index (χ0) is 18.3. The number of nitrogens with zero attached hydrogens (tertiary/aromatic N) is 2. The fourth-order valence-electron chi connectivity index (χ4n) is 3.43. The normalized spacial score (nSPS) is 14.8. The van der Waals surface area contributed by atoms with Gasteiger partial charge in [-0.2, -0.15) is 5.10 Å². The van der Waals surface area contributed by atoms with E-state index in [0.717, 1.165) is 28.2 Å². The highest BCUT2D eigenvalue weighted by atomic mass is 16.5. The van der Waals surface area contributed by atoms with E-state index in [9.17, 15) is 0 Å². The molecule has 2 aromatic carbocycles. The maximum atomic E-state index is 5.63. The van der Waals surface area contributed by atoms with Crippen molar-refractivity contribution in [1.82, 2.24) is 9.78 Å². The van der Waals surface area contributed by atoms with E-state index in [1.807, 2.05) is 35.9 Å². The van der Waals surface area contributed by atoms with Crippen molar-refractivity contribution in [1.29, 1.82) is 0 Å². The number of benzene rings is 2. The zero-order valence-corrected chi connectivity index (χ0v) is 15.2. The molecule has 1 atom stereocenters. The molecule has 6 heteroatoms. The molecule has 0 amide bonds. The van der Waals surface area contributed by atoms with Gasteiger partial charge in [0.2, 0.25) is 0 Å². The van der Waals surface area contributed by atoms with E-state index < -0.39 is 0 Å². The van der Waals surface area contributed by atoms with Crippen LogP contribution < -0.4 is 19.5 Å². The fraction of sp³-hybridized carbons (Fsp3) is 0.250. The van der Waals surface area contributed by atoms with Crippen LogP contribution in [0.1, 0.15) is 17.4 Å². The van der Waals surface area contributed by atoms with Gasteiger partial charge in [-0.15, -0.1) is 0 Å². The Labute approximate surface area is 152 Å². The van der Waals surface area contributed by atoms with Crippen LogP contribution in [0.2, 0.25) is 0 Å². The van der Waals surface area contributed by atoms with Crippen molar-refractivity contribution >= 4 is 5.69 Å². The minimum Gasteiger partial charge on any atom is -0.496 e. The average Bonchev–Trinajstić information content (AvgIpc) is 3.07. The lowest BCUT2D eigenvalue weighted by molar-refractivity contribution is 0.345. The molecule has 0 saturated carbocycles. The number of nitrogens with one attached hydrogen (secondary N) is 1. The minimum absolute atomic E-state index is 0.219. The molecule has 0 fully saturated rings. The number of hydrogen-bond donors (Lipinski definition) is 1. The van der Waals surface area contributed by atoms with E-state index in [1.165, 1.54) is 0 Å². The summed E-state index contributed by atoms with van der Waals surface area (Å²) in [5.74, 6) is 1.98. The first-order valence-corrected chi connectivity index (χ1v) is 8.38. The SMILES string of the molecule is COc1cc(OC)c([C@@H]2Nc3ccccc3-c3cc(C)nn32)cc1OC. The number of fused-ring (bicyclic) bond motifs is 3. The number of ether oxygens (including phenoxy) is 3. The lowest BCUT2D eigenvalue weighted by atomic mass is 10.0. The summed E-state index contributed by atoms with van der Waals surface area (Å²) in [5, 5.41) is 8.28. The van der Waals surface area contributed by atoms with E-state index in [0.29, 0.717) is 17.2 Å². The summed E-state index contributed by atoms with van der Waals surface area (Å²) in [6.45, 7) is 2.00. The van der Waals surface area contributed by atoms with Crippen LogP contribution in [0.25, 0.3) is 11.3 Å². The Morgan fingerprint density at radius 3 is 2.35 bits per heavy atom. The van der Waals surface area contributed by atoms with Gasteiger partial charge >= 0.3 is 0 Å². The molecule has 3 aromatic rings. The third-order valence-corrected chi connectivity index (χ3v) is 4.63. The molecular formula is C20H21N3O3. The molecule has 2 heterocycles. The summed E-state index contributed by atoms with van der Waals surface area (Å²) in [7, 11) is 4.89. The van der Waals surface area contributed by atoms with Crippen molar-refractivity contribution in [2.75, 3.05) is 26.6 Å². The molecule has 1 N–H and O–H groups in total. The first kappa shape index (κ1) is 16.3. The second-order valence-electron chi connectivity index (χ2n) is 6.16. The molecule has 1 aromatic heterocycles. The second kappa shape index (κ2) is 6.29. The van der Waals surface area contributed by atoms with Gasteiger partial charge < -0.3 is 19.5 Å². The van der Waals surface area contributed by atoms with Gasteiger partial charge in [0, 0.05) is 22.9 Å². The number of rotatable bonds is 4. The van der Waals surface area contributed by atoms with Crippen LogP contribution in [0.4, 0.5) is 5.69 Å². The minimum atomic E-state index is -0.219. The number of aryl methyl sites for hydroxylation is 1. The second-order valence-corrected chi connectivity index (χ2v) is 6.16. The number of methoxy groups -OCH3 is 3. The van der Waals surface area contributed by atoms with Gasteiger partial charge in [0.05, 0.1) is 32.7 Å². The first-order chi connectivity index (χ1) is 12.7. The van der Waals surface area contributed by atoms with Gasteiger partial charge in [-0.25, -0.2) is 4.68 Å². The number of aromatic nitrogens is 2. The molecule has 0 radical (unpaired) electrons. The van der Waals surface area contributed by atoms with E-state index in [2.05, 4.69) is 23.5 Å². The van der Waals surface area contributed by atoms with E-state index in [1.54, 1.807) is 21.3 Å². The van der Waals surface area contributed by atoms with Crippen LogP contribution in [0.15, 0.2) is 42.5 Å². The first-order valence-electron chi connectivity index (χ1n) is 8.38. The number of para-hydroxylation sites is 1. The molecular weight excluding hydrogens is 330 g/mol. The molecule has 0 bridgehead atoms. The lowest BCUT2D eigenvalue weighted by Gasteiger charge is -2.30. The summed E-state index contributed by atoms with van der Waals surface area (Å²) in [5.41, 5.74) is 5.14. The molecule has 6 nitrogen and oxygen atoms in total. The summed E-state index contributed by atoms with van der Waals surface area (Å²) < 4.78 is 18.5. The van der Waals surface area contributed by atoms with Gasteiger partial charge in [0.15, 0.2) is 17.7 Å². The number of anilines is 1. The summed E-state index contributed by atoms with van der Waals surface area (Å²) in [4.78, 5) is 0. The van der Waals surface area contributed by atoms with Gasteiger partial charge in [-0.05, 0) is 25.1 Å². The van der Waals surface area contributed by atoms with Crippen LogP contribution in [0, 0.1) is 6.92 Å². The average molecular weight is 351 g/mol. The maximum absolute atomic E-state index is 5.63. The molecule has 0 spiro atoms. The molecule has 0 aliphatic carbocycles. The number of hydrogen-bond acceptors (Lipinski definition) is 5. The smallest absolute Gasteiger partial charge is 0.164 e. The van der Waals surface area contributed by atoms with E-state index >= 15 is 0 Å². The van der Waals surface area contributed by atoms with Crippen LogP contribution in [-0.2, 0) is 0 Å². The van der Waals surface area contributed by atoms with Crippen molar-refractivity contribution in [3.63, 3.8) is 0 Å². The molecule has 26 heavy (non-hydrogen) atoms. The summed E-state index contributed by atoms with van der Waals surface area (Å²) in [6, 6.07) is 14.1. The highest BCUT2D eigenvalue weighted by Gasteiger charge is 2.29. The third kappa shape index (κ3) is 2.45. The zero-order valence-electron chi connectivity index (χ0n) is 15.2. The fourth-order valence-corrected chi connectivity index (χ4v) is 3.43. The third-order valence-electron chi connectivity index (χ3n) is 4.63. The van der Waals surface area contributed by atoms with Crippen molar-refractivity contribution < 1.29 is 14.2 Å². The molecule has 1 aliphatic rings.